The summed E-state index contributed by atoms with van der Waals surface area (Å²) >= 11 is 0. The molecule has 5 heteroatoms. The number of fused-ring (bicyclic) bond motifs is 1. The summed E-state index contributed by atoms with van der Waals surface area (Å²) in [5, 5.41) is 0. The molecule has 0 aromatic heterocycles. The van der Waals surface area contributed by atoms with Crippen molar-refractivity contribution in [2.45, 2.75) is 39.3 Å². The Bertz CT molecular complexity index is 540. The van der Waals surface area contributed by atoms with Gasteiger partial charge in [0.1, 0.15) is 5.75 Å². The van der Waals surface area contributed by atoms with Gasteiger partial charge in [0.25, 0.3) is 5.91 Å². The van der Waals surface area contributed by atoms with Crippen molar-refractivity contribution in [1.29, 1.82) is 0 Å². The van der Waals surface area contributed by atoms with Crippen molar-refractivity contribution in [1.82, 2.24) is 0 Å². The van der Waals surface area contributed by atoms with Gasteiger partial charge in [0.05, 0.1) is 5.69 Å². The third kappa shape index (κ3) is 2.54. The van der Waals surface area contributed by atoms with E-state index in [4.69, 9.17) is 10.5 Å². The van der Waals surface area contributed by atoms with Crippen molar-refractivity contribution in [2.24, 2.45) is 5.73 Å². The molecule has 2 N–H and O–H groups in total. The zero-order valence-electron chi connectivity index (χ0n) is 12.1. The third-order valence-electron chi connectivity index (χ3n) is 3.32. The molecule has 108 valence electrons. The average molecular weight is 276 g/mol. The number of hydrogen-bond donors (Lipinski definition) is 1. The predicted octanol–water partition coefficient (Wildman–Crippen LogP) is 1.74. The van der Waals surface area contributed by atoms with E-state index in [-0.39, 0.29) is 17.7 Å². The number of amides is 1. The molecule has 1 unspecified atom stereocenters. The van der Waals surface area contributed by atoms with E-state index in [2.05, 4.69) is 0 Å². The fourth-order valence-electron chi connectivity index (χ4n) is 2.34. The number of carbonyl (C=O) groups is 2. The Balaban J connectivity index is 2.45. The molecule has 20 heavy (non-hydrogen) atoms. The largest absolute Gasteiger partial charge is 0.479 e. The number of nitrogens with zero attached hydrogens (tertiary/aromatic N) is 1. The summed E-state index contributed by atoms with van der Waals surface area (Å²) in [6.07, 6.45) is -0.207. The summed E-state index contributed by atoms with van der Waals surface area (Å²) in [4.78, 5) is 25.8. The van der Waals surface area contributed by atoms with E-state index in [0.717, 1.165) is 0 Å². The van der Waals surface area contributed by atoms with Crippen LogP contribution in [0.5, 0.6) is 5.75 Å². The molecule has 0 aliphatic carbocycles. The van der Waals surface area contributed by atoms with Crippen LogP contribution in [0.1, 0.15) is 37.6 Å². The standard InChI is InChI=1S/C15H20N2O3/c1-9(2)17-12-8-11(13(18)6-7-16)4-5-14(12)20-10(3)15(17)19/h4-5,8-10H,6-7,16H2,1-3H3. The van der Waals surface area contributed by atoms with Crippen LogP contribution >= 0.6 is 0 Å². The molecule has 0 fully saturated rings. The van der Waals surface area contributed by atoms with Crippen molar-refractivity contribution < 1.29 is 14.3 Å². The molecule has 1 atom stereocenters. The lowest BCUT2D eigenvalue weighted by atomic mass is 10.0. The maximum atomic E-state index is 12.2. The number of ether oxygens (including phenoxy) is 1. The topological polar surface area (TPSA) is 72.6 Å². The number of benzene rings is 1. The van der Waals surface area contributed by atoms with Gasteiger partial charge in [-0.1, -0.05) is 0 Å². The molecule has 1 amide bonds. The lowest BCUT2D eigenvalue weighted by Crippen LogP contribution is -2.47. The van der Waals surface area contributed by atoms with E-state index in [9.17, 15) is 9.59 Å². The summed E-state index contributed by atoms with van der Waals surface area (Å²) < 4.78 is 5.59. The second-order valence-electron chi connectivity index (χ2n) is 5.21. The van der Waals surface area contributed by atoms with E-state index in [1.807, 2.05) is 13.8 Å². The van der Waals surface area contributed by atoms with Gasteiger partial charge < -0.3 is 15.4 Å². The Morgan fingerprint density at radius 1 is 1.45 bits per heavy atom. The smallest absolute Gasteiger partial charge is 0.268 e. The third-order valence-corrected chi connectivity index (χ3v) is 3.32. The highest BCUT2D eigenvalue weighted by Gasteiger charge is 2.33. The zero-order chi connectivity index (χ0) is 14.9. The summed E-state index contributed by atoms with van der Waals surface area (Å²) in [5.41, 5.74) is 6.63. The van der Waals surface area contributed by atoms with Crippen LogP contribution in [-0.2, 0) is 4.79 Å². The van der Waals surface area contributed by atoms with Gasteiger partial charge in [-0.3, -0.25) is 9.59 Å². The normalized spacial score (nSPS) is 17.9. The Morgan fingerprint density at radius 2 is 2.15 bits per heavy atom. The first-order valence-corrected chi connectivity index (χ1v) is 6.82. The van der Waals surface area contributed by atoms with Crippen molar-refractivity contribution in [3.05, 3.63) is 23.8 Å². The summed E-state index contributed by atoms with van der Waals surface area (Å²) in [5.74, 6) is 0.524. The first kappa shape index (κ1) is 14.5. The summed E-state index contributed by atoms with van der Waals surface area (Å²) in [6, 6.07) is 5.19. The molecule has 1 aliphatic heterocycles. The predicted molar refractivity (Wildman–Crippen MR) is 77.2 cm³/mol. The van der Waals surface area contributed by atoms with Gasteiger partial charge >= 0.3 is 0 Å². The number of rotatable bonds is 4. The molecule has 1 aliphatic rings. The van der Waals surface area contributed by atoms with Crippen LogP contribution in [0, 0.1) is 0 Å². The Kier molecular flexibility index (Phi) is 4.09. The molecule has 0 saturated carbocycles. The van der Waals surface area contributed by atoms with Gasteiger partial charge in [0, 0.05) is 18.0 Å². The van der Waals surface area contributed by atoms with E-state index < -0.39 is 6.10 Å². The second-order valence-corrected chi connectivity index (χ2v) is 5.21. The monoisotopic (exact) mass is 276 g/mol. The number of hydrogen-bond acceptors (Lipinski definition) is 4. The first-order chi connectivity index (χ1) is 9.45. The first-order valence-electron chi connectivity index (χ1n) is 6.82. The van der Waals surface area contributed by atoms with Gasteiger partial charge in [0.15, 0.2) is 11.9 Å². The highest BCUT2D eigenvalue weighted by Crippen LogP contribution is 2.36. The van der Waals surface area contributed by atoms with Crippen LogP contribution in [0.3, 0.4) is 0 Å². The lowest BCUT2D eigenvalue weighted by molar-refractivity contribution is -0.125. The molecule has 1 aromatic carbocycles. The highest BCUT2D eigenvalue weighted by atomic mass is 16.5. The van der Waals surface area contributed by atoms with Gasteiger partial charge in [-0.15, -0.1) is 0 Å². The van der Waals surface area contributed by atoms with Crippen LogP contribution in [-0.4, -0.2) is 30.4 Å². The van der Waals surface area contributed by atoms with Crippen LogP contribution in [0.4, 0.5) is 5.69 Å². The number of carbonyl (C=O) groups excluding carboxylic acids is 2. The van der Waals surface area contributed by atoms with E-state index in [1.54, 1.807) is 30.0 Å². The van der Waals surface area contributed by atoms with Crippen LogP contribution in [0.15, 0.2) is 18.2 Å². The lowest BCUT2D eigenvalue weighted by Gasteiger charge is -2.35. The average Bonchev–Trinajstić information content (AvgIpc) is 2.39. The van der Waals surface area contributed by atoms with Crippen molar-refractivity contribution in [3.63, 3.8) is 0 Å². The zero-order valence-corrected chi connectivity index (χ0v) is 12.1. The van der Waals surface area contributed by atoms with E-state index >= 15 is 0 Å². The second kappa shape index (κ2) is 5.63. The van der Waals surface area contributed by atoms with Gasteiger partial charge in [-0.05, 0) is 45.5 Å². The Morgan fingerprint density at radius 3 is 2.75 bits per heavy atom. The molecule has 2 rings (SSSR count). The molecule has 0 bridgehead atoms. The maximum Gasteiger partial charge on any atom is 0.268 e. The van der Waals surface area contributed by atoms with Gasteiger partial charge in [0.2, 0.25) is 0 Å². The van der Waals surface area contributed by atoms with Crippen molar-refractivity contribution in [3.8, 4) is 5.75 Å². The Labute approximate surface area is 118 Å². The fourth-order valence-corrected chi connectivity index (χ4v) is 2.34. The fraction of sp³-hybridized carbons (Fsp3) is 0.467. The molecule has 1 heterocycles. The summed E-state index contributed by atoms with van der Waals surface area (Å²) in [6.45, 7) is 5.92. The number of nitrogens with two attached hydrogens (primary N) is 1. The molecular weight excluding hydrogens is 256 g/mol. The van der Waals surface area contributed by atoms with E-state index in [0.29, 0.717) is 30.0 Å². The SMILES string of the molecule is CC1Oc2ccc(C(=O)CCN)cc2N(C(C)C)C1=O. The number of anilines is 1. The van der Waals surface area contributed by atoms with Crippen molar-refractivity contribution in [2.75, 3.05) is 11.4 Å². The molecule has 0 spiro atoms. The highest BCUT2D eigenvalue weighted by molar-refractivity contribution is 6.03. The van der Waals surface area contributed by atoms with Gasteiger partial charge in [-0.2, -0.15) is 0 Å². The maximum absolute atomic E-state index is 12.2. The molecular formula is C15H20N2O3. The van der Waals surface area contributed by atoms with Crippen LogP contribution in [0.2, 0.25) is 0 Å². The number of ketones is 1. The molecule has 1 aromatic rings. The molecule has 0 saturated heterocycles. The van der Waals surface area contributed by atoms with Crippen molar-refractivity contribution >= 4 is 17.4 Å². The molecule has 0 radical (unpaired) electrons. The Hall–Kier alpha value is -1.88. The summed E-state index contributed by atoms with van der Waals surface area (Å²) in [7, 11) is 0. The van der Waals surface area contributed by atoms with Crippen LogP contribution < -0.4 is 15.4 Å². The number of Topliss-reactive ketones (excluding diaryl/α,β-unsaturated/α-hetero) is 1. The van der Waals surface area contributed by atoms with Crippen LogP contribution in [0.25, 0.3) is 0 Å². The van der Waals surface area contributed by atoms with Gasteiger partial charge in [-0.25, -0.2) is 0 Å². The quantitative estimate of drug-likeness (QED) is 0.850. The molecule has 5 nitrogen and oxygen atoms in total. The van der Waals surface area contributed by atoms with E-state index in [1.165, 1.54) is 0 Å². The minimum atomic E-state index is -0.504. The minimum Gasteiger partial charge on any atom is -0.479 e. The minimum absolute atomic E-state index is 0.00691.